The Bertz CT molecular complexity index is 223. The van der Waals surface area contributed by atoms with Crippen LogP contribution < -0.4 is 5.32 Å². The number of likely N-dealkylation sites (N-methyl/N-ethyl adjacent to an activating group) is 1. The molecule has 0 amide bonds. The van der Waals surface area contributed by atoms with Crippen molar-refractivity contribution in [1.29, 1.82) is 0 Å². The van der Waals surface area contributed by atoms with Gasteiger partial charge in [-0.15, -0.1) is 0 Å². The summed E-state index contributed by atoms with van der Waals surface area (Å²) in [5, 5.41) is 3.10. The van der Waals surface area contributed by atoms with Gasteiger partial charge in [-0.1, -0.05) is 0 Å². The number of rotatable bonds is 7. The van der Waals surface area contributed by atoms with Crippen molar-refractivity contribution in [3.63, 3.8) is 0 Å². The van der Waals surface area contributed by atoms with Crippen LogP contribution in [0.4, 0.5) is 13.2 Å². The Balaban J connectivity index is 2.15. The molecule has 1 N–H and O–H groups in total. The SMILES string of the molecule is CCOC1C(NC)CC1OCCCC(F)(F)F. The summed E-state index contributed by atoms with van der Waals surface area (Å²) in [5.41, 5.74) is 0. The summed E-state index contributed by atoms with van der Waals surface area (Å²) in [6.07, 6.45) is -4.16. The molecule has 1 saturated carbocycles. The van der Waals surface area contributed by atoms with Gasteiger partial charge in [0.25, 0.3) is 0 Å². The highest BCUT2D eigenvalue weighted by atomic mass is 19.4. The van der Waals surface area contributed by atoms with Gasteiger partial charge in [-0.3, -0.25) is 0 Å². The molecule has 1 rings (SSSR count). The van der Waals surface area contributed by atoms with Crippen molar-refractivity contribution in [2.45, 2.75) is 50.6 Å². The second-order valence-corrected chi connectivity index (χ2v) is 4.18. The summed E-state index contributed by atoms with van der Waals surface area (Å²) < 4.78 is 46.6. The van der Waals surface area contributed by atoms with Gasteiger partial charge in [0.1, 0.15) is 0 Å². The molecule has 0 spiro atoms. The number of hydrogen-bond donors (Lipinski definition) is 1. The second kappa shape index (κ2) is 6.56. The van der Waals surface area contributed by atoms with Crippen LogP contribution >= 0.6 is 0 Å². The first-order chi connectivity index (χ1) is 7.98. The van der Waals surface area contributed by atoms with Crippen molar-refractivity contribution < 1.29 is 22.6 Å². The summed E-state index contributed by atoms with van der Waals surface area (Å²) in [6, 6.07) is 0.252. The molecule has 3 nitrogen and oxygen atoms in total. The Morgan fingerprint density at radius 3 is 2.53 bits per heavy atom. The average Bonchev–Trinajstić information content (AvgIpc) is 2.22. The normalized spacial score (nSPS) is 29.1. The molecule has 3 atom stereocenters. The van der Waals surface area contributed by atoms with Gasteiger partial charge in [0.15, 0.2) is 0 Å². The van der Waals surface area contributed by atoms with E-state index in [0.717, 1.165) is 6.42 Å². The molecule has 0 heterocycles. The Hall–Kier alpha value is -0.330. The fraction of sp³-hybridized carbons (Fsp3) is 1.00. The number of halogens is 3. The fourth-order valence-corrected chi connectivity index (χ4v) is 1.95. The minimum Gasteiger partial charge on any atom is -0.375 e. The largest absolute Gasteiger partial charge is 0.389 e. The van der Waals surface area contributed by atoms with Crippen LogP contribution in [0, 0.1) is 0 Å². The molecule has 0 bridgehead atoms. The molecular formula is C11H20F3NO2. The average molecular weight is 255 g/mol. The van der Waals surface area contributed by atoms with Crippen LogP contribution in [0.2, 0.25) is 0 Å². The zero-order valence-corrected chi connectivity index (χ0v) is 10.2. The van der Waals surface area contributed by atoms with Crippen molar-refractivity contribution >= 4 is 0 Å². The van der Waals surface area contributed by atoms with Crippen LogP contribution in [0.25, 0.3) is 0 Å². The van der Waals surface area contributed by atoms with Gasteiger partial charge in [-0.05, 0) is 26.8 Å². The van der Waals surface area contributed by atoms with E-state index in [1.54, 1.807) is 0 Å². The summed E-state index contributed by atoms with van der Waals surface area (Å²) in [7, 11) is 1.84. The fourth-order valence-electron chi connectivity index (χ4n) is 1.95. The van der Waals surface area contributed by atoms with Crippen molar-refractivity contribution in [1.82, 2.24) is 5.32 Å². The van der Waals surface area contributed by atoms with Gasteiger partial charge in [0.2, 0.25) is 0 Å². The third kappa shape index (κ3) is 4.81. The maximum atomic E-state index is 11.9. The van der Waals surface area contributed by atoms with Crippen LogP contribution in [0.3, 0.4) is 0 Å². The first kappa shape index (κ1) is 14.7. The predicted octanol–water partition coefficient (Wildman–Crippen LogP) is 2.11. The first-order valence-electron chi connectivity index (χ1n) is 5.95. The Kier molecular flexibility index (Phi) is 5.69. The number of hydrogen-bond acceptors (Lipinski definition) is 3. The minimum absolute atomic E-state index is 0.0169. The lowest BCUT2D eigenvalue weighted by atomic mass is 9.85. The number of alkyl halides is 3. The van der Waals surface area contributed by atoms with E-state index in [1.165, 1.54) is 0 Å². The molecule has 6 heteroatoms. The molecule has 0 aromatic rings. The summed E-state index contributed by atoms with van der Waals surface area (Å²) in [5.74, 6) is 0. The number of ether oxygens (including phenoxy) is 2. The molecule has 3 unspecified atom stereocenters. The molecule has 1 aliphatic rings. The summed E-state index contributed by atoms with van der Waals surface area (Å²) >= 11 is 0. The molecule has 0 aromatic carbocycles. The molecule has 0 saturated heterocycles. The monoisotopic (exact) mass is 255 g/mol. The van der Waals surface area contributed by atoms with Crippen molar-refractivity contribution in [3.05, 3.63) is 0 Å². The predicted molar refractivity (Wildman–Crippen MR) is 57.9 cm³/mol. The molecule has 1 fully saturated rings. The van der Waals surface area contributed by atoms with Crippen LogP contribution in [0.5, 0.6) is 0 Å². The lowest BCUT2D eigenvalue weighted by Gasteiger charge is -2.43. The zero-order chi connectivity index (χ0) is 12.9. The highest BCUT2D eigenvalue weighted by Gasteiger charge is 2.41. The minimum atomic E-state index is -4.09. The van der Waals surface area contributed by atoms with Crippen molar-refractivity contribution in [3.8, 4) is 0 Å². The molecule has 17 heavy (non-hydrogen) atoms. The van der Waals surface area contributed by atoms with E-state index < -0.39 is 12.6 Å². The molecular weight excluding hydrogens is 235 g/mol. The first-order valence-corrected chi connectivity index (χ1v) is 5.95. The van der Waals surface area contributed by atoms with Crippen molar-refractivity contribution in [2.24, 2.45) is 0 Å². The van der Waals surface area contributed by atoms with E-state index in [4.69, 9.17) is 9.47 Å². The zero-order valence-electron chi connectivity index (χ0n) is 10.2. The van der Waals surface area contributed by atoms with Crippen LogP contribution in [-0.2, 0) is 9.47 Å². The third-order valence-electron chi connectivity index (χ3n) is 2.92. The van der Waals surface area contributed by atoms with Crippen LogP contribution in [0.1, 0.15) is 26.2 Å². The van der Waals surface area contributed by atoms with E-state index >= 15 is 0 Å². The summed E-state index contributed by atoms with van der Waals surface area (Å²) in [6.45, 7) is 2.63. The second-order valence-electron chi connectivity index (χ2n) is 4.18. The van der Waals surface area contributed by atoms with Gasteiger partial charge >= 0.3 is 6.18 Å². The smallest absolute Gasteiger partial charge is 0.375 e. The third-order valence-corrected chi connectivity index (χ3v) is 2.92. The van der Waals surface area contributed by atoms with Gasteiger partial charge in [-0.25, -0.2) is 0 Å². The topological polar surface area (TPSA) is 30.5 Å². The Morgan fingerprint density at radius 1 is 1.29 bits per heavy atom. The van der Waals surface area contributed by atoms with Gasteiger partial charge < -0.3 is 14.8 Å². The van der Waals surface area contributed by atoms with Crippen molar-refractivity contribution in [2.75, 3.05) is 20.3 Å². The van der Waals surface area contributed by atoms with E-state index in [0.29, 0.717) is 6.61 Å². The molecule has 1 aliphatic carbocycles. The molecule has 0 aromatic heterocycles. The molecule has 0 radical (unpaired) electrons. The van der Waals surface area contributed by atoms with Gasteiger partial charge in [0, 0.05) is 25.7 Å². The maximum Gasteiger partial charge on any atom is 0.389 e. The van der Waals surface area contributed by atoms with E-state index in [9.17, 15) is 13.2 Å². The highest BCUT2D eigenvalue weighted by molar-refractivity contribution is 4.96. The van der Waals surface area contributed by atoms with E-state index in [-0.39, 0.29) is 31.3 Å². The van der Waals surface area contributed by atoms with Crippen LogP contribution in [0.15, 0.2) is 0 Å². The Labute approximate surface area is 99.7 Å². The molecule has 0 aliphatic heterocycles. The summed E-state index contributed by atoms with van der Waals surface area (Å²) in [4.78, 5) is 0. The lowest BCUT2D eigenvalue weighted by molar-refractivity contribution is -0.157. The standard InChI is InChI=1S/C11H20F3NO2/c1-3-16-10-8(15-2)7-9(10)17-6-4-5-11(12,13)14/h8-10,15H,3-7H2,1-2H3. The highest BCUT2D eigenvalue weighted by Crippen LogP contribution is 2.28. The van der Waals surface area contributed by atoms with E-state index in [1.807, 2.05) is 14.0 Å². The van der Waals surface area contributed by atoms with Gasteiger partial charge in [0.05, 0.1) is 12.2 Å². The molecule has 102 valence electrons. The number of nitrogens with one attached hydrogen (secondary N) is 1. The van der Waals surface area contributed by atoms with E-state index in [2.05, 4.69) is 5.32 Å². The Morgan fingerprint density at radius 2 is 2.00 bits per heavy atom. The maximum absolute atomic E-state index is 11.9. The van der Waals surface area contributed by atoms with Crippen LogP contribution in [-0.4, -0.2) is 44.7 Å². The quantitative estimate of drug-likeness (QED) is 0.707. The lowest BCUT2D eigenvalue weighted by Crippen LogP contribution is -2.59. The van der Waals surface area contributed by atoms with Gasteiger partial charge in [-0.2, -0.15) is 13.2 Å².